The van der Waals surface area contributed by atoms with Gasteiger partial charge < -0.3 is 14.1 Å². The molecule has 3 aromatic rings. The molecule has 1 aromatic heterocycles. The standard InChI is InChI=1S/C23H22ClFN2O3/c24-20-7-4-8-21(25)19(20)15-30-23-16-29-18(13-22(23)28)14-26-9-11-27(12-10-26)17-5-2-1-3-6-17/h1-8,13,16H,9-12,14-15H2. The lowest BCUT2D eigenvalue weighted by Crippen LogP contribution is -2.46. The van der Waals surface area contributed by atoms with Gasteiger partial charge in [-0.3, -0.25) is 9.69 Å². The topological polar surface area (TPSA) is 45.9 Å². The first kappa shape index (κ1) is 20.4. The van der Waals surface area contributed by atoms with Gasteiger partial charge in [0.1, 0.15) is 24.4 Å². The molecule has 0 atom stereocenters. The third-order valence-electron chi connectivity index (χ3n) is 5.16. The average Bonchev–Trinajstić information content (AvgIpc) is 2.76. The summed E-state index contributed by atoms with van der Waals surface area (Å²) in [5.74, 6) is 0.134. The zero-order valence-electron chi connectivity index (χ0n) is 16.4. The third-order valence-corrected chi connectivity index (χ3v) is 5.51. The largest absolute Gasteiger partial charge is 0.482 e. The van der Waals surface area contributed by atoms with Crippen LogP contribution >= 0.6 is 11.6 Å². The van der Waals surface area contributed by atoms with Crippen LogP contribution in [-0.2, 0) is 13.2 Å². The highest BCUT2D eigenvalue weighted by molar-refractivity contribution is 6.31. The molecule has 0 N–H and O–H groups in total. The Morgan fingerprint density at radius 3 is 2.50 bits per heavy atom. The number of ether oxygens (including phenoxy) is 1. The van der Waals surface area contributed by atoms with Crippen molar-refractivity contribution in [3.05, 3.63) is 93.2 Å². The summed E-state index contributed by atoms with van der Waals surface area (Å²) in [4.78, 5) is 17.0. The summed E-state index contributed by atoms with van der Waals surface area (Å²) in [5, 5.41) is 0.255. The first-order chi connectivity index (χ1) is 14.6. The molecule has 2 heterocycles. The first-order valence-corrected chi connectivity index (χ1v) is 10.2. The van der Waals surface area contributed by atoms with Gasteiger partial charge in [-0.25, -0.2) is 4.39 Å². The van der Waals surface area contributed by atoms with Crippen LogP contribution in [-0.4, -0.2) is 31.1 Å². The molecule has 0 saturated carbocycles. The molecule has 0 bridgehead atoms. The molecule has 0 unspecified atom stereocenters. The monoisotopic (exact) mass is 428 g/mol. The molecule has 30 heavy (non-hydrogen) atoms. The van der Waals surface area contributed by atoms with E-state index in [1.54, 1.807) is 6.07 Å². The number of para-hydroxylation sites is 1. The van der Waals surface area contributed by atoms with Crippen LogP contribution in [0.3, 0.4) is 0 Å². The fourth-order valence-corrected chi connectivity index (χ4v) is 3.69. The van der Waals surface area contributed by atoms with E-state index in [2.05, 4.69) is 21.9 Å². The lowest BCUT2D eigenvalue weighted by molar-refractivity contribution is 0.224. The molecule has 156 valence electrons. The summed E-state index contributed by atoms with van der Waals surface area (Å²) in [6.45, 7) is 4.00. The van der Waals surface area contributed by atoms with E-state index in [9.17, 15) is 9.18 Å². The number of benzene rings is 2. The third kappa shape index (κ3) is 4.83. The van der Waals surface area contributed by atoms with Crippen LogP contribution in [0.2, 0.25) is 5.02 Å². The van der Waals surface area contributed by atoms with Crippen molar-refractivity contribution in [1.29, 1.82) is 0 Å². The zero-order chi connectivity index (χ0) is 20.9. The molecule has 5 nitrogen and oxygen atoms in total. The van der Waals surface area contributed by atoms with E-state index in [1.165, 1.54) is 30.1 Å². The maximum atomic E-state index is 13.8. The molecule has 7 heteroatoms. The highest BCUT2D eigenvalue weighted by Crippen LogP contribution is 2.21. The molecule has 4 rings (SSSR count). The Bertz CT molecular complexity index is 1030. The van der Waals surface area contributed by atoms with Gasteiger partial charge in [-0.15, -0.1) is 0 Å². The van der Waals surface area contributed by atoms with Crippen LogP contribution in [0.4, 0.5) is 10.1 Å². The van der Waals surface area contributed by atoms with E-state index in [0.717, 1.165) is 26.2 Å². The molecule has 0 aliphatic carbocycles. The summed E-state index contributed by atoms with van der Waals surface area (Å²) in [6.07, 6.45) is 1.28. The predicted octanol–water partition coefficient (Wildman–Crippen LogP) is 4.33. The summed E-state index contributed by atoms with van der Waals surface area (Å²) in [7, 11) is 0. The summed E-state index contributed by atoms with van der Waals surface area (Å²) in [6, 6.07) is 16.1. The van der Waals surface area contributed by atoms with Gasteiger partial charge >= 0.3 is 0 Å². The molecule has 1 fully saturated rings. The Morgan fingerprint density at radius 1 is 1.03 bits per heavy atom. The van der Waals surface area contributed by atoms with Crippen LogP contribution in [0, 0.1) is 5.82 Å². The Hall–Kier alpha value is -2.83. The molecule has 0 radical (unpaired) electrons. The normalized spacial score (nSPS) is 14.7. The summed E-state index contributed by atoms with van der Waals surface area (Å²) >= 11 is 5.99. The van der Waals surface area contributed by atoms with Gasteiger partial charge in [0.05, 0.1) is 11.6 Å². The first-order valence-electron chi connectivity index (χ1n) is 9.80. The van der Waals surface area contributed by atoms with Crippen molar-refractivity contribution >= 4 is 17.3 Å². The lowest BCUT2D eigenvalue weighted by Gasteiger charge is -2.35. The number of rotatable bonds is 6. The van der Waals surface area contributed by atoms with Crippen LogP contribution in [0.25, 0.3) is 0 Å². The maximum Gasteiger partial charge on any atom is 0.227 e. The van der Waals surface area contributed by atoms with Gasteiger partial charge in [0.25, 0.3) is 0 Å². The van der Waals surface area contributed by atoms with Gasteiger partial charge in [0.15, 0.2) is 0 Å². The highest BCUT2D eigenvalue weighted by Gasteiger charge is 2.18. The van der Waals surface area contributed by atoms with Crippen LogP contribution in [0.1, 0.15) is 11.3 Å². The van der Waals surface area contributed by atoms with E-state index >= 15 is 0 Å². The van der Waals surface area contributed by atoms with Crippen molar-refractivity contribution < 1.29 is 13.5 Å². The van der Waals surface area contributed by atoms with Crippen LogP contribution < -0.4 is 15.1 Å². The Kier molecular flexibility index (Phi) is 6.35. The average molecular weight is 429 g/mol. The van der Waals surface area contributed by atoms with Crippen molar-refractivity contribution in [3.8, 4) is 5.75 Å². The van der Waals surface area contributed by atoms with E-state index < -0.39 is 5.82 Å². The van der Waals surface area contributed by atoms with Gasteiger partial charge in [0, 0.05) is 43.5 Å². The molecular weight excluding hydrogens is 407 g/mol. The minimum Gasteiger partial charge on any atom is -0.482 e. The molecule has 1 aliphatic rings. The van der Waals surface area contributed by atoms with Gasteiger partial charge in [0.2, 0.25) is 11.2 Å². The maximum absolute atomic E-state index is 13.8. The summed E-state index contributed by atoms with van der Waals surface area (Å²) in [5.41, 5.74) is 1.13. The Morgan fingerprint density at radius 2 is 1.80 bits per heavy atom. The van der Waals surface area contributed by atoms with Crippen LogP contribution in [0.15, 0.2) is 70.1 Å². The number of halogens is 2. The molecule has 1 saturated heterocycles. The molecule has 0 amide bonds. The second-order valence-electron chi connectivity index (χ2n) is 7.16. The molecule has 2 aromatic carbocycles. The van der Waals surface area contributed by atoms with Gasteiger partial charge in [-0.1, -0.05) is 35.9 Å². The number of anilines is 1. The fraction of sp³-hybridized carbons (Fsp3) is 0.261. The van der Waals surface area contributed by atoms with Crippen molar-refractivity contribution in [2.75, 3.05) is 31.1 Å². The van der Waals surface area contributed by atoms with Gasteiger partial charge in [-0.05, 0) is 24.3 Å². The Balaban J connectivity index is 1.33. The second kappa shape index (κ2) is 9.32. The fourth-order valence-electron chi connectivity index (χ4n) is 3.47. The number of piperazine rings is 1. The predicted molar refractivity (Wildman–Crippen MR) is 115 cm³/mol. The zero-order valence-corrected chi connectivity index (χ0v) is 17.1. The second-order valence-corrected chi connectivity index (χ2v) is 7.57. The van der Waals surface area contributed by atoms with Crippen molar-refractivity contribution in [2.45, 2.75) is 13.2 Å². The van der Waals surface area contributed by atoms with Crippen molar-refractivity contribution in [3.63, 3.8) is 0 Å². The quantitative estimate of drug-likeness (QED) is 0.584. The molecular formula is C23H22ClFN2O3. The minimum atomic E-state index is -0.474. The van der Waals surface area contributed by atoms with Crippen LogP contribution in [0.5, 0.6) is 5.75 Å². The number of hydrogen-bond donors (Lipinski definition) is 0. The molecule has 0 spiro atoms. The number of hydrogen-bond acceptors (Lipinski definition) is 5. The lowest BCUT2D eigenvalue weighted by atomic mass is 10.2. The van der Waals surface area contributed by atoms with E-state index in [0.29, 0.717) is 12.3 Å². The van der Waals surface area contributed by atoms with Crippen molar-refractivity contribution in [1.82, 2.24) is 4.90 Å². The van der Waals surface area contributed by atoms with E-state index in [1.807, 2.05) is 18.2 Å². The molecule has 1 aliphatic heterocycles. The highest BCUT2D eigenvalue weighted by atomic mass is 35.5. The summed E-state index contributed by atoms with van der Waals surface area (Å²) < 4.78 is 24.9. The number of nitrogens with zero attached hydrogens (tertiary/aromatic N) is 2. The Labute approximate surface area is 179 Å². The van der Waals surface area contributed by atoms with E-state index in [-0.39, 0.29) is 28.4 Å². The smallest absolute Gasteiger partial charge is 0.227 e. The van der Waals surface area contributed by atoms with E-state index in [4.69, 9.17) is 20.8 Å². The van der Waals surface area contributed by atoms with Gasteiger partial charge in [-0.2, -0.15) is 0 Å². The van der Waals surface area contributed by atoms with Crippen molar-refractivity contribution in [2.24, 2.45) is 0 Å². The SMILES string of the molecule is O=c1cc(CN2CCN(c3ccccc3)CC2)occ1OCc1c(F)cccc1Cl. The minimum absolute atomic E-state index is 0.0342.